The van der Waals surface area contributed by atoms with Crippen LogP contribution in [0.5, 0.6) is 0 Å². The first-order chi connectivity index (χ1) is 11.5. The zero-order valence-corrected chi connectivity index (χ0v) is 14.6. The summed E-state index contributed by atoms with van der Waals surface area (Å²) in [5.41, 5.74) is 0.626. The van der Waals surface area contributed by atoms with Crippen LogP contribution in [0.2, 0.25) is 0 Å². The maximum Gasteiger partial charge on any atom is 0.319 e. The third-order valence-electron chi connectivity index (χ3n) is 3.96. The Labute approximate surface area is 144 Å². The molecule has 8 heteroatoms. The number of carbonyl (C=O) groups excluding carboxylic acids is 1. The fraction of sp³-hybridized carbons (Fsp3) is 0.438. The summed E-state index contributed by atoms with van der Waals surface area (Å²) in [6, 6.07) is 6.76. The Morgan fingerprint density at radius 1 is 1.21 bits per heavy atom. The van der Waals surface area contributed by atoms with E-state index in [1.165, 1.54) is 17.4 Å². The van der Waals surface area contributed by atoms with Crippen molar-refractivity contribution in [3.8, 4) is 0 Å². The van der Waals surface area contributed by atoms with Crippen LogP contribution in [0.25, 0.3) is 0 Å². The van der Waals surface area contributed by atoms with Gasteiger partial charge in [-0.2, -0.15) is 0 Å². The van der Waals surface area contributed by atoms with Gasteiger partial charge in [-0.15, -0.1) is 10.2 Å². The van der Waals surface area contributed by atoms with Crippen molar-refractivity contribution < 1.29 is 9.18 Å². The lowest BCUT2D eigenvalue weighted by atomic mass is 10.1. The third-order valence-corrected chi connectivity index (χ3v) is 4.94. The van der Waals surface area contributed by atoms with Gasteiger partial charge in [-0.25, -0.2) is 9.18 Å². The number of hydrogen-bond acceptors (Lipinski definition) is 5. The van der Waals surface area contributed by atoms with Crippen molar-refractivity contribution in [2.75, 3.05) is 45.2 Å². The first-order valence-corrected chi connectivity index (χ1v) is 8.63. The molecular weight excluding hydrogens is 329 g/mol. The molecule has 1 aromatic heterocycles. The summed E-state index contributed by atoms with van der Waals surface area (Å²) in [6.07, 6.45) is 0.448. The van der Waals surface area contributed by atoms with Gasteiger partial charge in [-0.1, -0.05) is 29.5 Å². The van der Waals surface area contributed by atoms with Gasteiger partial charge in [0, 0.05) is 46.7 Å². The zero-order valence-electron chi connectivity index (χ0n) is 13.8. The van der Waals surface area contributed by atoms with Gasteiger partial charge in [-0.3, -0.25) is 0 Å². The predicted molar refractivity (Wildman–Crippen MR) is 92.0 cm³/mol. The average molecular weight is 349 g/mol. The third kappa shape index (κ3) is 3.64. The second-order valence-corrected chi connectivity index (χ2v) is 6.94. The Hall–Kier alpha value is -2.22. The van der Waals surface area contributed by atoms with E-state index in [1.807, 2.05) is 11.0 Å². The van der Waals surface area contributed by atoms with E-state index >= 15 is 0 Å². The van der Waals surface area contributed by atoms with Crippen LogP contribution in [0.1, 0.15) is 10.6 Å². The normalized spacial score (nSPS) is 14.8. The summed E-state index contributed by atoms with van der Waals surface area (Å²) in [5, 5.41) is 10.0. The van der Waals surface area contributed by atoms with E-state index in [0.29, 0.717) is 25.1 Å². The fourth-order valence-corrected chi connectivity index (χ4v) is 3.53. The smallest absolute Gasteiger partial charge is 0.319 e. The Balaban J connectivity index is 1.61. The van der Waals surface area contributed by atoms with Crippen LogP contribution in [0.4, 0.5) is 14.3 Å². The van der Waals surface area contributed by atoms with Crippen LogP contribution in [0, 0.1) is 5.82 Å². The Bertz CT molecular complexity index is 712. The molecule has 0 aliphatic carbocycles. The van der Waals surface area contributed by atoms with Gasteiger partial charge < -0.3 is 14.7 Å². The highest BCUT2D eigenvalue weighted by Crippen LogP contribution is 2.24. The van der Waals surface area contributed by atoms with Crippen molar-refractivity contribution in [2.24, 2.45) is 0 Å². The molecule has 0 N–H and O–H groups in total. The SMILES string of the molecule is CN(C)C(=O)N1CCN(c2nnc(Cc3ccccc3F)s2)CC1. The highest BCUT2D eigenvalue weighted by molar-refractivity contribution is 7.15. The summed E-state index contributed by atoms with van der Waals surface area (Å²) >= 11 is 1.48. The maximum atomic E-state index is 13.7. The van der Waals surface area contributed by atoms with E-state index in [9.17, 15) is 9.18 Å². The summed E-state index contributed by atoms with van der Waals surface area (Å²) in [7, 11) is 3.52. The van der Waals surface area contributed by atoms with Crippen LogP contribution in [-0.4, -0.2) is 66.3 Å². The largest absolute Gasteiger partial charge is 0.343 e. The average Bonchev–Trinajstić information content (AvgIpc) is 3.05. The molecule has 1 aliphatic rings. The molecular formula is C16H20FN5OS. The van der Waals surface area contributed by atoms with E-state index in [1.54, 1.807) is 31.1 Å². The number of rotatable bonds is 3. The molecule has 0 atom stereocenters. The second-order valence-electron chi connectivity index (χ2n) is 5.90. The molecule has 0 bridgehead atoms. The zero-order chi connectivity index (χ0) is 17.1. The van der Waals surface area contributed by atoms with Gasteiger partial charge in [0.1, 0.15) is 10.8 Å². The molecule has 1 fully saturated rings. The minimum absolute atomic E-state index is 0.0344. The molecule has 1 aromatic carbocycles. The Kier molecular flexibility index (Phi) is 4.94. The van der Waals surface area contributed by atoms with Gasteiger partial charge in [0.2, 0.25) is 5.13 Å². The molecule has 2 aromatic rings. The summed E-state index contributed by atoms with van der Waals surface area (Å²) in [5.74, 6) is -0.218. The Morgan fingerprint density at radius 2 is 1.92 bits per heavy atom. The van der Waals surface area contributed by atoms with E-state index in [-0.39, 0.29) is 11.8 Å². The van der Waals surface area contributed by atoms with Crippen LogP contribution in [0.15, 0.2) is 24.3 Å². The fourth-order valence-electron chi connectivity index (χ4n) is 2.62. The molecule has 128 valence electrons. The van der Waals surface area contributed by atoms with Crippen molar-refractivity contribution in [1.29, 1.82) is 0 Å². The van der Waals surface area contributed by atoms with Gasteiger partial charge >= 0.3 is 6.03 Å². The number of piperazine rings is 1. The van der Waals surface area contributed by atoms with Gasteiger partial charge in [0.25, 0.3) is 0 Å². The lowest BCUT2D eigenvalue weighted by Crippen LogP contribution is -2.51. The number of urea groups is 1. The van der Waals surface area contributed by atoms with Crippen LogP contribution >= 0.6 is 11.3 Å². The topological polar surface area (TPSA) is 52.6 Å². The maximum absolute atomic E-state index is 13.7. The first-order valence-electron chi connectivity index (χ1n) is 7.81. The van der Waals surface area contributed by atoms with Crippen molar-refractivity contribution in [3.63, 3.8) is 0 Å². The van der Waals surface area contributed by atoms with Crippen LogP contribution in [0.3, 0.4) is 0 Å². The number of aromatic nitrogens is 2. The van der Waals surface area contributed by atoms with Crippen LogP contribution in [-0.2, 0) is 6.42 Å². The van der Waals surface area contributed by atoms with E-state index in [2.05, 4.69) is 15.1 Å². The monoisotopic (exact) mass is 349 g/mol. The molecule has 0 radical (unpaired) electrons. The van der Waals surface area contributed by atoms with Gasteiger partial charge in [-0.05, 0) is 11.6 Å². The minimum Gasteiger partial charge on any atom is -0.343 e. The molecule has 0 unspecified atom stereocenters. The number of anilines is 1. The summed E-state index contributed by atoms with van der Waals surface area (Å²) < 4.78 is 13.7. The number of carbonyl (C=O) groups is 1. The van der Waals surface area contributed by atoms with Gasteiger partial charge in [0.05, 0.1) is 0 Å². The molecule has 24 heavy (non-hydrogen) atoms. The molecule has 0 saturated carbocycles. The lowest BCUT2D eigenvalue weighted by molar-refractivity contribution is 0.168. The van der Waals surface area contributed by atoms with E-state index < -0.39 is 0 Å². The first kappa shape index (κ1) is 16.6. The number of halogens is 1. The summed E-state index contributed by atoms with van der Waals surface area (Å²) in [6.45, 7) is 2.79. The lowest BCUT2D eigenvalue weighted by Gasteiger charge is -2.35. The molecule has 6 nitrogen and oxygen atoms in total. The number of nitrogens with zero attached hydrogens (tertiary/aromatic N) is 5. The van der Waals surface area contributed by atoms with E-state index in [0.717, 1.165) is 23.2 Å². The van der Waals surface area contributed by atoms with Crippen molar-refractivity contribution in [3.05, 3.63) is 40.7 Å². The standard InChI is InChI=1S/C16H20FN5OS/c1-20(2)16(23)22-9-7-21(8-10-22)15-19-18-14(24-15)11-12-5-3-4-6-13(12)17/h3-6H,7-11H2,1-2H3. The number of benzene rings is 1. The molecule has 2 heterocycles. The number of amides is 2. The van der Waals surface area contributed by atoms with E-state index in [4.69, 9.17) is 0 Å². The minimum atomic E-state index is -0.218. The van der Waals surface area contributed by atoms with Crippen LogP contribution < -0.4 is 4.90 Å². The Morgan fingerprint density at radius 3 is 2.58 bits per heavy atom. The predicted octanol–water partition coefficient (Wildman–Crippen LogP) is 2.07. The quantitative estimate of drug-likeness (QED) is 0.851. The van der Waals surface area contributed by atoms with Gasteiger partial charge in [0.15, 0.2) is 0 Å². The summed E-state index contributed by atoms with van der Waals surface area (Å²) in [4.78, 5) is 17.5. The second kappa shape index (κ2) is 7.12. The molecule has 2 amide bonds. The molecule has 1 saturated heterocycles. The molecule has 1 aliphatic heterocycles. The van der Waals surface area contributed by atoms with Crippen molar-refractivity contribution >= 4 is 22.5 Å². The highest BCUT2D eigenvalue weighted by atomic mass is 32.1. The van der Waals surface area contributed by atoms with Crippen molar-refractivity contribution in [2.45, 2.75) is 6.42 Å². The molecule has 0 spiro atoms. The molecule has 3 rings (SSSR count). The van der Waals surface area contributed by atoms with Crippen molar-refractivity contribution in [1.82, 2.24) is 20.0 Å². The highest BCUT2D eigenvalue weighted by Gasteiger charge is 2.24. The number of hydrogen-bond donors (Lipinski definition) is 0.